The summed E-state index contributed by atoms with van der Waals surface area (Å²) in [4.78, 5) is 40.2. The fraction of sp³-hybridized carbons (Fsp3) is 0.103. The molecule has 0 unspecified atom stereocenters. The summed E-state index contributed by atoms with van der Waals surface area (Å²) in [5, 5.41) is 12.4. The molecule has 0 aliphatic rings. The van der Waals surface area contributed by atoms with E-state index in [1.54, 1.807) is 55.5 Å². The highest BCUT2D eigenvalue weighted by atomic mass is 32.2. The number of anilines is 1. The molecule has 0 aliphatic carbocycles. The Balaban J connectivity index is 1.46. The molecular weight excluding hydrogens is 520 g/mol. The van der Waals surface area contributed by atoms with Gasteiger partial charge in [0.2, 0.25) is 0 Å². The standard InChI is InChI=1S/C29H22N2O5S2/c1-2-35-29(34)22-16-25(19-10-4-3-5-11-19)38-27(22)31-26(32)18-36-28(33)21-13-7-9-15-24(21)37-23-14-8-6-12-20(23)17-30/h3-16H,2,18H2,1H3,(H,31,32). The second-order valence-electron chi connectivity index (χ2n) is 7.77. The Morgan fingerprint density at radius 2 is 1.53 bits per heavy atom. The predicted molar refractivity (Wildman–Crippen MR) is 146 cm³/mol. The molecule has 9 heteroatoms. The number of nitriles is 1. The van der Waals surface area contributed by atoms with Crippen molar-refractivity contribution in [3.05, 3.63) is 102 Å². The van der Waals surface area contributed by atoms with Crippen LogP contribution in [0.1, 0.15) is 33.2 Å². The minimum absolute atomic E-state index is 0.191. The molecule has 0 atom stereocenters. The zero-order chi connectivity index (χ0) is 26.9. The fourth-order valence-electron chi connectivity index (χ4n) is 3.45. The van der Waals surface area contributed by atoms with Crippen LogP contribution in [0.4, 0.5) is 5.00 Å². The second-order valence-corrected chi connectivity index (χ2v) is 9.91. The first-order valence-electron chi connectivity index (χ1n) is 11.6. The largest absolute Gasteiger partial charge is 0.462 e. The number of thiophene rings is 1. The molecule has 4 aromatic rings. The van der Waals surface area contributed by atoms with Gasteiger partial charge in [-0.2, -0.15) is 5.26 Å². The SMILES string of the molecule is CCOC(=O)c1cc(-c2ccccc2)sc1NC(=O)COC(=O)c1ccccc1Sc1ccccc1C#N. The van der Waals surface area contributed by atoms with E-state index in [9.17, 15) is 19.6 Å². The van der Waals surface area contributed by atoms with Gasteiger partial charge in [0.25, 0.3) is 5.91 Å². The lowest BCUT2D eigenvalue weighted by atomic mass is 10.1. The number of carbonyl (C=O) groups excluding carboxylic acids is 3. The van der Waals surface area contributed by atoms with Crippen LogP contribution >= 0.6 is 23.1 Å². The van der Waals surface area contributed by atoms with Crippen LogP contribution in [-0.4, -0.2) is 31.1 Å². The van der Waals surface area contributed by atoms with Crippen LogP contribution in [0.5, 0.6) is 0 Å². The summed E-state index contributed by atoms with van der Waals surface area (Å²) in [5.41, 5.74) is 1.88. The lowest BCUT2D eigenvalue weighted by Crippen LogP contribution is -2.21. The summed E-state index contributed by atoms with van der Waals surface area (Å²) in [6, 6.07) is 27.2. The summed E-state index contributed by atoms with van der Waals surface area (Å²) >= 11 is 2.50. The van der Waals surface area contributed by atoms with E-state index in [1.807, 2.05) is 36.4 Å². The highest BCUT2D eigenvalue weighted by Crippen LogP contribution is 2.36. The zero-order valence-electron chi connectivity index (χ0n) is 20.3. The van der Waals surface area contributed by atoms with Crippen molar-refractivity contribution >= 4 is 45.9 Å². The average molecular weight is 543 g/mol. The summed E-state index contributed by atoms with van der Waals surface area (Å²) in [5.74, 6) is -1.83. The van der Waals surface area contributed by atoms with Gasteiger partial charge in [-0.05, 0) is 42.8 Å². The van der Waals surface area contributed by atoms with Gasteiger partial charge in [-0.15, -0.1) is 11.3 Å². The summed E-state index contributed by atoms with van der Waals surface area (Å²) in [6.07, 6.45) is 0. The molecular formula is C29H22N2O5S2. The van der Waals surface area contributed by atoms with Gasteiger partial charge in [-0.3, -0.25) is 4.79 Å². The topological polar surface area (TPSA) is 105 Å². The lowest BCUT2D eigenvalue weighted by Gasteiger charge is -2.10. The molecule has 0 spiro atoms. The molecule has 7 nitrogen and oxygen atoms in total. The number of amides is 1. The van der Waals surface area contributed by atoms with Gasteiger partial charge in [-0.25, -0.2) is 9.59 Å². The van der Waals surface area contributed by atoms with Gasteiger partial charge < -0.3 is 14.8 Å². The van der Waals surface area contributed by atoms with Gasteiger partial charge in [0.05, 0.1) is 23.3 Å². The molecule has 0 saturated heterocycles. The number of ether oxygens (including phenoxy) is 2. The Morgan fingerprint density at radius 3 is 2.26 bits per heavy atom. The number of hydrogen-bond donors (Lipinski definition) is 1. The maximum absolute atomic E-state index is 12.9. The van der Waals surface area contributed by atoms with Crippen molar-refractivity contribution in [3.8, 4) is 16.5 Å². The highest BCUT2D eigenvalue weighted by Gasteiger charge is 2.21. The van der Waals surface area contributed by atoms with Crippen molar-refractivity contribution in [2.75, 3.05) is 18.5 Å². The third-order valence-electron chi connectivity index (χ3n) is 5.21. The number of carbonyl (C=O) groups is 3. The van der Waals surface area contributed by atoms with Crippen LogP contribution in [0.15, 0.2) is 94.7 Å². The minimum Gasteiger partial charge on any atom is -0.462 e. The quantitative estimate of drug-likeness (QED) is 0.244. The molecule has 4 rings (SSSR count). The smallest absolute Gasteiger partial charge is 0.341 e. The van der Waals surface area contributed by atoms with Gasteiger partial charge in [0, 0.05) is 14.7 Å². The van der Waals surface area contributed by atoms with E-state index >= 15 is 0 Å². The van der Waals surface area contributed by atoms with E-state index in [0.29, 0.717) is 20.4 Å². The fourth-order valence-corrected chi connectivity index (χ4v) is 5.53. The number of esters is 2. The molecule has 1 aromatic heterocycles. The van der Waals surface area contributed by atoms with E-state index in [0.717, 1.165) is 10.4 Å². The van der Waals surface area contributed by atoms with Gasteiger partial charge in [0.1, 0.15) is 11.1 Å². The highest BCUT2D eigenvalue weighted by molar-refractivity contribution is 7.99. The van der Waals surface area contributed by atoms with Crippen molar-refractivity contribution in [3.63, 3.8) is 0 Å². The van der Waals surface area contributed by atoms with E-state index in [2.05, 4.69) is 11.4 Å². The van der Waals surface area contributed by atoms with Crippen LogP contribution in [0.25, 0.3) is 10.4 Å². The number of nitrogens with zero attached hydrogens (tertiary/aromatic N) is 1. The maximum atomic E-state index is 12.9. The molecule has 3 aromatic carbocycles. The van der Waals surface area contributed by atoms with Crippen molar-refractivity contribution in [2.45, 2.75) is 16.7 Å². The van der Waals surface area contributed by atoms with Crippen LogP contribution in [0, 0.1) is 11.3 Å². The van der Waals surface area contributed by atoms with Crippen LogP contribution in [-0.2, 0) is 14.3 Å². The maximum Gasteiger partial charge on any atom is 0.341 e. The monoisotopic (exact) mass is 542 g/mol. The van der Waals surface area contributed by atoms with Crippen LogP contribution in [0.3, 0.4) is 0 Å². The zero-order valence-corrected chi connectivity index (χ0v) is 21.9. The summed E-state index contributed by atoms with van der Waals surface area (Å²) in [6.45, 7) is 1.35. The summed E-state index contributed by atoms with van der Waals surface area (Å²) < 4.78 is 10.4. The van der Waals surface area contributed by atoms with Crippen molar-refractivity contribution in [1.29, 1.82) is 5.26 Å². The molecule has 38 heavy (non-hydrogen) atoms. The number of rotatable bonds is 9. The Hall–Kier alpha value is -4.39. The number of hydrogen-bond acceptors (Lipinski definition) is 8. The molecule has 1 N–H and O–H groups in total. The third-order valence-corrected chi connectivity index (χ3v) is 7.46. The molecule has 0 fully saturated rings. The lowest BCUT2D eigenvalue weighted by molar-refractivity contribution is -0.119. The number of nitrogens with one attached hydrogen (secondary N) is 1. The van der Waals surface area contributed by atoms with Crippen LogP contribution < -0.4 is 5.32 Å². The average Bonchev–Trinajstić information content (AvgIpc) is 3.37. The van der Waals surface area contributed by atoms with Gasteiger partial charge in [-0.1, -0.05) is 66.4 Å². The van der Waals surface area contributed by atoms with E-state index in [1.165, 1.54) is 23.1 Å². The Bertz CT molecular complexity index is 1510. The van der Waals surface area contributed by atoms with Crippen LogP contribution in [0.2, 0.25) is 0 Å². The van der Waals surface area contributed by atoms with E-state index in [4.69, 9.17) is 9.47 Å². The predicted octanol–water partition coefficient (Wildman–Crippen LogP) is 6.41. The molecule has 0 bridgehead atoms. The molecule has 1 amide bonds. The van der Waals surface area contributed by atoms with E-state index in [-0.39, 0.29) is 17.7 Å². The van der Waals surface area contributed by atoms with Crippen molar-refractivity contribution in [2.24, 2.45) is 0 Å². The Kier molecular flexibility index (Phi) is 8.93. The number of benzene rings is 3. The minimum atomic E-state index is -0.681. The van der Waals surface area contributed by atoms with Crippen molar-refractivity contribution < 1.29 is 23.9 Å². The third kappa shape index (κ3) is 6.48. The molecule has 0 radical (unpaired) electrons. The molecule has 0 saturated carbocycles. The molecule has 0 aliphatic heterocycles. The van der Waals surface area contributed by atoms with Gasteiger partial charge >= 0.3 is 11.9 Å². The normalized spacial score (nSPS) is 10.3. The first-order chi connectivity index (χ1) is 18.5. The molecule has 190 valence electrons. The van der Waals surface area contributed by atoms with Crippen molar-refractivity contribution in [1.82, 2.24) is 0 Å². The van der Waals surface area contributed by atoms with Gasteiger partial charge in [0.15, 0.2) is 6.61 Å². The summed E-state index contributed by atoms with van der Waals surface area (Å²) in [7, 11) is 0. The molecule has 1 heterocycles. The Labute approximate surface area is 228 Å². The van der Waals surface area contributed by atoms with E-state index < -0.39 is 24.5 Å². The Morgan fingerprint density at radius 1 is 0.868 bits per heavy atom. The first-order valence-corrected chi connectivity index (χ1v) is 13.2. The first kappa shape index (κ1) is 26.7. The second kappa shape index (κ2) is 12.7.